The second-order valence-corrected chi connectivity index (χ2v) is 10.8. The number of hydrogen-bond acceptors (Lipinski definition) is 3. The van der Waals surface area contributed by atoms with Gasteiger partial charge in [0.05, 0.1) is 0 Å². The molecule has 1 rings (SSSR count). The zero-order chi connectivity index (χ0) is 17.5. The van der Waals surface area contributed by atoms with Gasteiger partial charge in [-0.15, -0.1) is 0 Å². The molecule has 23 heavy (non-hydrogen) atoms. The Kier molecular flexibility index (Phi) is 8.63. The van der Waals surface area contributed by atoms with Crippen LogP contribution in [-0.4, -0.2) is 33.5 Å². The van der Waals surface area contributed by atoms with Gasteiger partial charge in [0.1, 0.15) is 0 Å². The summed E-state index contributed by atoms with van der Waals surface area (Å²) in [6.45, 7) is 13.7. The van der Waals surface area contributed by atoms with Gasteiger partial charge in [0.25, 0.3) is 0 Å². The Morgan fingerprint density at radius 3 is 2.09 bits per heavy atom. The Morgan fingerprint density at radius 2 is 1.61 bits per heavy atom. The maximum Gasteiger partial charge on any atom is 0.334 e. The Morgan fingerprint density at radius 1 is 1.09 bits per heavy atom. The summed E-state index contributed by atoms with van der Waals surface area (Å²) in [7, 11) is -1.70. The molecular weight excluding hydrogens is 323 g/mol. The van der Waals surface area contributed by atoms with Crippen molar-refractivity contribution in [2.75, 3.05) is 19.4 Å². The molecular formula is C18H31O3PSi. The lowest BCUT2D eigenvalue weighted by molar-refractivity contribution is 0.108. The van der Waals surface area contributed by atoms with E-state index in [2.05, 4.69) is 25.6 Å². The van der Waals surface area contributed by atoms with Crippen molar-refractivity contribution in [2.45, 2.75) is 53.6 Å². The standard InChI is InChI=1S/C18H31O3PSi/c1-7-20-23(6,21-8-2)11-9-10-22-18(19)17-15(4)12-14(3)13-16(17)5/h12-13,22H,7-11H2,1-6H3. The van der Waals surface area contributed by atoms with E-state index in [9.17, 15) is 4.79 Å². The van der Waals surface area contributed by atoms with Crippen LogP contribution in [0.5, 0.6) is 0 Å². The van der Waals surface area contributed by atoms with Crippen molar-refractivity contribution in [3.63, 3.8) is 0 Å². The lowest BCUT2D eigenvalue weighted by Crippen LogP contribution is -2.38. The van der Waals surface area contributed by atoms with E-state index in [1.165, 1.54) is 5.56 Å². The number of aryl methyl sites for hydroxylation is 3. The molecule has 1 unspecified atom stereocenters. The van der Waals surface area contributed by atoms with Gasteiger partial charge in [0.15, 0.2) is 5.52 Å². The Bertz CT molecular complexity index is 502. The molecule has 0 N–H and O–H groups in total. The second kappa shape index (κ2) is 9.68. The van der Waals surface area contributed by atoms with E-state index in [-0.39, 0.29) is 5.52 Å². The van der Waals surface area contributed by atoms with E-state index in [0.29, 0.717) is 21.8 Å². The quantitative estimate of drug-likeness (QED) is 0.338. The third-order valence-corrected chi connectivity index (χ3v) is 8.13. The number of carbonyl (C=O) groups excluding carboxylic acids is 1. The van der Waals surface area contributed by atoms with Gasteiger partial charge in [-0.25, -0.2) is 0 Å². The summed E-state index contributed by atoms with van der Waals surface area (Å²) >= 11 is 0. The zero-order valence-electron chi connectivity index (χ0n) is 15.4. The molecule has 0 aliphatic carbocycles. The normalized spacial score (nSPS) is 12.3. The summed E-state index contributed by atoms with van der Waals surface area (Å²) < 4.78 is 11.7. The predicted molar refractivity (Wildman–Crippen MR) is 102 cm³/mol. The first-order valence-corrected chi connectivity index (χ1v) is 12.2. The summed E-state index contributed by atoms with van der Waals surface area (Å²) in [5.41, 5.74) is 4.63. The average Bonchev–Trinajstić information content (AvgIpc) is 2.43. The molecule has 0 saturated heterocycles. The fraction of sp³-hybridized carbons (Fsp3) is 0.611. The predicted octanol–water partition coefficient (Wildman–Crippen LogP) is 4.97. The largest absolute Gasteiger partial charge is 0.395 e. The van der Waals surface area contributed by atoms with Gasteiger partial charge in [-0.05, 0) is 79.5 Å². The highest BCUT2D eigenvalue weighted by molar-refractivity contribution is 7.58. The Balaban J connectivity index is 2.54. The van der Waals surface area contributed by atoms with Crippen LogP contribution in [-0.2, 0) is 8.85 Å². The van der Waals surface area contributed by atoms with Crippen LogP contribution in [0.1, 0.15) is 47.3 Å². The van der Waals surface area contributed by atoms with Gasteiger partial charge < -0.3 is 8.85 Å². The Labute approximate surface area is 144 Å². The van der Waals surface area contributed by atoms with Crippen LogP contribution in [0.3, 0.4) is 0 Å². The number of benzene rings is 1. The third-order valence-electron chi connectivity index (χ3n) is 3.90. The van der Waals surface area contributed by atoms with E-state index >= 15 is 0 Å². The fourth-order valence-electron chi connectivity index (χ4n) is 3.03. The topological polar surface area (TPSA) is 35.5 Å². The zero-order valence-corrected chi connectivity index (χ0v) is 17.4. The lowest BCUT2D eigenvalue weighted by atomic mass is 10.0. The molecule has 0 spiro atoms. The first-order chi connectivity index (χ1) is 10.8. The molecule has 0 aliphatic heterocycles. The van der Waals surface area contributed by atoms with Crippen molar-refractivity contribution >= 4 is 22.7 Å². The van der Waals surface area contributed by atoms with Crippen molar-refractivity contribution in [2.24, 2.45) is 0 Å². The molecule has 0 fully saturated rings. The van der Waals surface area contributed by atoms with E-state index < -0.39 is 8.56 Å². The molecule has 1 aromatic carbocycles. The van der Waals surface area contributed by atoms with Gasteiger partial charge in [0.2, 0.25) is 0 Å². The van der Waals surface area contributed by atoms with E-state index in [1.807, 2.05) is 27.7 Å². The van der Waals surface area contributed by atoms with Crippen molar-refractivity contribution < 1.29 is 13.6 Å². The average molecular weight is 355 g/mol. The van der Waals surface area contributed by atoms with Crippen LogP contribution in [0.2, 0.25) is 12.6 Å². The van der Waals surface area contributed by atoms with Gasteiger partial charge in [-0.1, -0.05) is 17.7 Å². The van der Waals surface area contributed by atoms with Crippen molar-refractivity contribution in [3.8, 4) is 0 Å². The van der Waals surface area contributed by atoms with Crippen molar-refractivity contribution in [3.05, 3.63) is 34.4 Å². The minimum absolute atomic E-state index is 0.288. The SMILES string of the molecule is CCO[Si](C)(CCCPC(=O)c1c(C)cc(C)cc1C)OCC. The molecule has 1 aromatic rings. The maximum absolute atomic E-state index is 12.5. The molecule has 0 bridgehead atoms. The van der Waals surface area contributed by atoms with E-state index in [4.69, 9.17) is 8.85 Å². The molecule has 0 saturated carbocycles. The highest BCUT2D eigenvalue weighted by Crippen LogP contribution is 2.27. The Hall–Kier alpha value is -0.543. The molecule has 130 valence electrons. The first kappa shape index (κ1) is 20.5. The first-order valence-electron chi connectivity index (χ1n) is 8.47. The van der Waals surface area contributed by atoms with Gasteiger partial charge in [0, 0.05) is 18.8 Å². The second-order valence-electron chi connectivity index (χ2n) is 6.13. The highest BCUT2D eigenvalue weighted by atomic mass is 31.1. The highest BCUT2D eigenvalue weighted by Gasteiger charge is 2.29. The molecule has 0 aliphatic rings. The van der Waals surface area contributed by atoms with E-state index in [0.717, 1.165) is 35.3 Å². The summed E-state index contributed by atoms with van der Waals surface area (Å²) in [6, 6.07) is 5.15. The molecule has 0 heterocycles. The summed E-state index contributed by atoms with van der Waals surface area (Å²) in [4.78, 5) is 12.5. The monoisotopic (exact) mass is 354 g/mol. The maximum atomic E-state index is 12.5. The third kappa shape index (κ3) is 6.46. The van der Waals surface area contributed by atoms with Crippen LogP contribution >= 0.6 is 8.58 Å². The number of rotatable bonds is 10. The summed E-state index contributed by atoms with van der Waals surface area (Å²) in [5, 5.41) is 0. The molecule has 3 nitrogen and oxygen atoms in total. The molecule has 0 radical (unpaired) electrons. The number of hydrogen-bond donors (Lipinski definition) is 0. The minimum Gasteiger partial charge on any atom is -0.395 e. The van der Waals surface area contributed by atoms with Gasteiger partial charge in [-0.2, -0.15) is 0 Å². The number of carbonyl (C=O) groups is 1. The van der Waals surface area contributed by atoms with Gasteiger partial charge in [-0.3, -0.25) is 4.79 Å². The summed E-state index contributed by atoms with van der Waals surface area (Å²) in [5.74, 6) is 0. The molecule has 0 amide bonds. The smallest absolute Gasteiger partial charge is 0.334 e. The van der Waals surface area contributed by atoms with Crippen molar-refractivity contribution in [1.82, 2.24) is 0 Å². The molecule has 1 atom stereocenters. The molecule has 5 heteroatoms. The summed E-state index contributed by atoms with van der Waals surface area (Å²) in [6.07, 6.45) is 1.92. The van der Waals surface area contributed by atoms with Crippen LogP contribution in [0, 0.1) is 20.8 Å². The van der Waals surface area contributed by atoms with Crippen LogP contribution in [0.4, 0.5) is 0 Å². The van der Waals surface area contributed by atoms with Crippen LogP contribution in [0.25, 0.3) is 0 Å². The van der Waals surface area contributed by atoms with Crippen LogP contribution in [0.15, 0.2) is 12.1 Å². The van der Waals surface area contributed by atoms with E-state index in [1.54, 1.807) is 0 Å². The van der Waals surface area contributed by atoms with Crippen LogP contribution < -0.4 is 0 Å². The minimum atomic E-state index is -2.04. The van der Waals surface area contributed by atoms with Gasteiger partial charge >= 0.3 is 8.56 Å². The lowest BCUT2D eigenvalue weighted by Gasteiger charge is -2.25. The molecule has 0 aromatic heterocycles. The fourth-order valence-corrected chi connectivity index (χ4v) is 6.95. The van der Waals surface area contributed by atoms with Crippen molar-refractivity contribution in [1.29, 1.82) is 0 Å².